The second-order valence-electron chi connectivity index (χ2n) is 3.72. The second-order valence-corrected chi connectivity index (χ2v) is 4.15. The second kappa shape index (κ2) is 5.21. The Morgan fingerprint density at radius 3 is 3.06 bits per heavy atom. The highest BCUT2D eigenvalue weighted by Gasteiger charge is 2.10. The van der Waals surface area contributed by atoms with Crippen molar-refractivity contribution in [1.29, 1.82) is 0 Å². The molecule has 1 heterocycles. The van der Waals surface area contributed by atoms with Gasteiger partial charge in [-0.3, -0.25) is 4.79 Å². The van der Waals surface area contributed by atoms with Gasteiger partial charge in [0.05, 0.1) is 12.7 Å². The van der Waals surface area contributed by atoms with E-state index in [4.69, 9.17) is 21.8 Å². The molecule has 17 heavy (non-hydrogen) atoms. The van der Waals surface area contributed by atoms with Gasteiger partial charge >= 0.3 is 0 Å². The first-order chi connectivity index (χ1) is 8.20. The van der Waals surface area contributed by atoms with Crippen LogP contribution in [0.15, 0.2) is 28.9 Å². The Hall–Kier alpha value is -1.52. The van der Waals surface area contributed by atoms with Crippen molar-refractivity contribution in [3.63, 3.8) is 0 Å². The molecule has 1 aromatic carbocycles. The molecule has 0 saturated heterocycles. The molecule has 0 bridgehead atoms. The summed E-state index contributed by atoms with van der Waals surface area (Å²) in [5.41, 5.74) is 6.87. The number of rotatable bonds is 4. The van der Waals surface area contributed by atoms with Crippen LogP contribution in [0, 0.1) is 0 Å². The average molecular weight is 253 g/mol. The van der Waals surface area contributed by atoms with Crippen molar-refractivity contribution in [2.75, 3.05) is 13.1 Å². The van der Waals surface area contributed by atoms with E-state index in [1.54, 1.807) is 24.5 Å². The molecule has 0 saturated carbocycles. The minimum absolute atomic E-state index is 0.0712. The Morgan fingerprint density at radius 2 is 2.29 bits per heavy atom. The Kier molecular flexibility index (Phi) is 3.66. The van der Waals surface area contributed by atoms with Gasteiger partial charge in [0.1, 0.15) is 5.58 Å². The lowest BCUT2D eigenvalue weighted by molar-refractivity contribution is -0.120. The van der Waals surface area contributed by atoms with E-state index in [-0.39, 0.29) is 12.3 Å². The van der Waals surface area contributed by atoms with Crippen molar-refractivity contribution in [2.24, 2.45) is 5.73 Å². The minimum atomic E-state index is -0.0712. The maximum absolute atomic E-state index is 11.6. The molecule has 2 aromatic rings. The van der Waals surface area contributed by atoms with E-state index in [2.05, 4.69) is 5.32 Å². The molecule has 0 aliphatic rings. The van der Waals surface area contributed by atoms with Crippen molar-refractivity contribution in [1.82, 2.24) is 5.32 Å². The van der Waals surface area contributed by atoms with Crippen LogP contribution in [0.3, 0.4) is 0 Å². The summed E-state index contributed by atoms with van der Waals surface area (Å²) in [6, 6.07) is 5.34. The maximum Gasteiger partial charge on any atom is 0.224 e. The molecule has 0 aliphatic carbocycles. The highest BCUT2D eigenvalue weighted by Crippen LogP contribution is 2.24. The van der Waals surface area contributed by atoms with Gasteiger partial charge in [0.25, 0.3) is 0 Å². The molecule has 3 N–H and O–H groups in total. The van der Waals surface area contributed by atoms with E-state index in [1.807, 2.05) is 0 Å². The number of nitrogens with two attached hydrogens (primary N) is 1. The Morgan fingerprint density at radius 1 is 1.47 bits per heavy atom. The van der Waals surface area contributed by atoms with Crippen LogP contribution in [0.5, 0.6) is 0 Å². The Bertz CT molecular complexity index is 536. The normalized spacial score (nSPS) is 10.7. The van der Waals surface area contributed by atoms with Gasteiger partial charge in [-0.05, 0) is 18.2 Å². The van der Waals surface area contributed by atoms with E-state index in [0.29, 0.717) is 18.1 Å². The summed E-state index contributed by atoms with van der Waals surface area (Å²) in [6.07, 6.45) is 1.86. The smallest absolute Gasteiger partial charge is 0.224 e. The van der Waals surface area contributed by atoms with E-state index in [1.165, 1.54) is 0 Å². The largest absolute Gasteiger partial charge is 0.464 e. The van der Waals surface area contributed by atoms with Gasteiger partial charge in [0.2, 0.25) is 5.91 Å². The predicted octanol–water partition coefficient (Wildman–Crippen LogP) is 1.70. The molecule has 0 aliphatic heterocycles. The number of fused-ring (bicyclic) bond motifs is 1. The van der Waals surface area contributed by atoms with Gasteiger partial charge in [-0.2, -0.15) is 0 Å². The summed E-state index contributed by atoms with van der Waals surface area (Å²) in [6.45, 7) is 0.916. The molecule has 2 rings (SSSR count). The number of halogens is 1. The van der Waals surface area contributed by atoms with Crippen molar-refractivity contribution in [2.45, 2.75) is 6.42 Å². The summed E-state index contributed by atoms with van der Waals surface area (Å²) >= 11 is 5.91. The monoisotopic (exact) mass is 252 g/mol. The zero-order valence-electron chi connectivity index (χ0n) is 9.20. The molecule has 0 atom stereocenters. The van der Waals surface area contributed by atoms with Crippen LogP contribution in [0.25, 0.3) is 11.0 Å². The number of carbonyl (C=O) groups is 1. The molecule has 1 amide bonds. The zero-order chi connectivity index (χ0) is 12.3. The Labute approximate surface area is 104 Å². The predicted molar refractivity (Wildman–Crippen MR) is 67.0 cm³/mol. The molecule has 0 spiro atoms. The van der Waals surface area contributed by atoms with Gasteiger partial charge in [0.15, 0.2) is 0 Å². The van der Waals surface area contributed by atoms with E-state index < -0.39 is 0 Å². The van der Waals surface area contributed by atoms with Crippen LogP contribution >= 0.6 is 11.6 Å². The highest BCUT2D eigenvalue weighted by atomic mass is 35.5. The van der Waals surface area contributed by atoms with E-state index >= 15 is 0 Å². The quantitative estimate of drug-likeness (QED) is 0.870. The molecule has 0 fully saturated rings. The zero-order valence-corrected chi connectivity index (χ0v) is 9.96. The average Bonchev–Trinajstić information content (AvgIpc) is 2.69. The van der Waals surface area contributed by atoms with Gasteiger partial charge in [-0.25, -0.2) is 0 Å². The van der Waals surface area contributed by atoms with Crippen molar-refractivity contribution < 1.29 is 9.21 Å². The first-order valence-corrected chi connectivity index (χ1v) is 5.71. The van der Waals surface area contributed by atoms with Crippen LogP contribution in [0.4, 0.5) is 0 Å². The molecular formula is C12H13ClN2O2. The molecular weight excluding hydrogens is 240 g/mol. The minimum Gasteiger partial charge on any atom is -0.464 e. The third-order valence-electron chi connectivity index (χ3n) is 2.43. The lowest BCUT2D eigenvalue weighted by atomic mass is 10.1. The van der Waals surface area contributed by atoms with E-state index in [0.717, 1.165) is 16.5 Å². The summed E-state index contributed by atoms with van der Waals surface area (Å²) < 4.78 is 5.35. The topological polar surface area (TPSA) is 68.3 Å². The van der Waals surface area contributed by atoms with E-state index in [9.17, 15) is 4.79 Å². The fourth-order valence-electron chi connectivity index (χ4n) is 1.64. The van der Waals surface area contributed by atoms with Crippen molar-refractivity contribution >= 4 is 28.5 Å². The SMILES string of the molecule is NCCNC(=O)Cc1coc2ccc(Cl)cc12. The summed E-state index contributed by atoms with van der Waals surface area (Å²) in [7, 11) is 0. The molecule has 1 aromatic heterocycles. The first-order valence-electron chi connectivity index (χ1n) is 5.33. The van der Waals surface area contributed by atoms with Gasteiger partial charge in [-0.1, -0.05) is 11.6 Å². The number of amides is 1. The number of furan rings is 1. The first kappa shape index (κ1) is 12.0. The fraction of sp³-hybridized carbons (Fsp3) is 0.250. The van der Waals surface area contributed by atoms with Crippen molar-refractivity contribution in [3.05, 3.63) is 35.0 Å². The van der Waals surface area contributed by atoms with Gasteiger partial charge in [-0.15, -0.1) is 0 Å². The number of hydrogen-bond donors (Lipinski definition) is 2. The number of hydrogen-bond acceptors (Lipinski definition) is 3. The fourth-order valence-corrected chi connectivity index (χ4v) is 1.81. The summed E-state index contributed by atoms with van der Waals surface area (Å²) in [4.78, 5) is 11.6. The number of carbonyl (C=O) groups excluding carboxylic acids is 1. The van der Waals surface area contributed by atoms with Crippen LogP contribution in [0.1, 0.15) is 5.56 Å². The molecule has 5 heteroatoms. The van der Waals surface area contributed by atoms with Crippen LogP contribution < -0.4 is 11.1 Å². The standard InChI is InChI=1S/C12H13ClN2O2/c13-9-1-2-11-10(6-9)8(7-17-11)5-12(16)15-4-3-14/h1-2,6-7H,3-5,14H2,(H,15,16). The van der Waals surface area contributed by atoms with Crippen LogP contribution in [0.2, 0.25) is 5.02 Å². The highest BCUT2D eigenvalue weighted by molar-refractivity contribution is 6.31. The third kappa shape index (κ3) is 2.78. The molecule has 0 radical (unpaired) electrons. The van der Waals surface area contributed by atoms with Crippen LogP contribution in [-0.4, -0.2) is 19.0 Å². The summed E-state index contributed by atoms with van der Waals surface area (Å²) in [5.74, 6) is -0.0712. The number of benzene rings is 1. The molecule has 4 nitrogen and oxygen atoms in total. The molecule has 90 valence electrons. The van der Waals surface area contributed by atoms with Gasteiger partial charge in [0, 0.05) is 29.1 Å². The molecule has 0 unspecified atom stereocenters. The lowest BCUT2D eigenvalue weighted by Crippen LogP contribution is -2.30. The Balaban J connectivity index is 2.18. The number of nitrogens with one attached hydrogen (secondary N) is 1. The van der Waals surface area contributed by atoms with Gasteiger partial charge < -0.3 is 15.5 Å². The van der Waals surface area contributed by atoms with Crippen molar-refractivity contribution in [3.8, 4) is 0 Å². The summed E-state index contributed by atoms with van der Waals surface area (Å²) in [5, 5.41) is 4.21. The third-order valence-corrected chi connectivity index (χ3v) is 2.67. The maximum atomic E-state index is 11.6. The lowest BCUT2D eigenvalue weighted by Gasteiger charge is -2.01. The van der Waals surface area contributed by atoms with Crippen LogP contribution in [-0.2, 0) is 11.2 Å².